The monoisotopic (exact) mass is 365 g/mol. The van der Waals surface area contributed by atoms with Gasteiger partial charge in [-0.3, -0.25) is 14.5 Å². The van der Waals surface area contributed by atoms with Crippen molar-refractivity contribution in [3.05, 3.63) is 65.7 Å². The predicted octanol–water partition coefficient (Wildman–Crippen LogP) is 3.38. The average molecular weight is 365 g/mol. The maximum atomic E-state index is 12.8. The summed E-state index contributed by atoms with van der Waals surface area (Å²) in [5.74, 6) is -0.115. The molecule has 1 aliphatic heterocycles. The molecule has 0 unspecified atom stereocenters. The van der Waals surface area contributed by atoms with Crippen LogP contribution in [0.4, 0.5) is 5.69 Å². The Balaban J connectivity index is 1.61. The molecule has 1 fully saturated rings. The van der Waals surface area contributed by atoms with Gasteiger partial charge >= 0.3 is 0 Å². The van der Waals surface area contributed by atoms with Gasteiger partial charge in [-0.2, -0.15) is 0 Å². The normalized spacial score (nSPS) is 14.2. The van der Waals surface area contributed by atoms with Gasteiger partial charge in [-0.15, -0.1) is 0 Å². The van der Waals surface area contributed by atoms with Crippen molar-refractivity contribution in [3.63, 3.8) is 0 Å². The van der Waals surface area contributed by atoms with Crippen molar-refractivity contribution in [2.45, 2.75) is 25.8 Å². The molecule has 0 bridgehead atoms. The quantitative estimate of drug-likeness (QED) is 0.854. The van der Waals surface area contributed by atoms with Crippen LogP contribution in [0, 0.1) is 0 Å². The van der Waals surface area contributed by atoms with E-state index in [9.17, 15) is 9.59 Å². The lowest BCUT2D eigenvalue weighted by atomic mass is 10.1. The van der Waals surface area contributed by atoms with Crippen molar-refractivity contribution in [2.24, 2.45) is 0 Å². The van der Waals surface area contributed by atoms with Gasteiger partial charge in [0.15, 0.2) is 0 Å². The Bertz CT molecular complexity index is 770. The Hall–Kier alpha value is -2.66. The third kappa shape index (κ3) is 5.41. The van der Waals surface area contributed by atoms with Gasteiger partial charge < -0.3 is 10.2 Å². The number of hydrogen-bond acceptors (Lipinski definition) is 3. The summed E-state index contributed by atoms with van der Waals surface area (Å²) in [7, 11) is 1.91. The minimum Gasteiger partial charge on any atom is -0.339 e. The average Bonchev–Trinajstić information content (AvgIpc) is 2.69. The van der Waals surface area contributed by atoms with E-state index < -0.39 is 0 Å². The number of hydrogen-bond donors (Lipinski definition) is 1. The Labute approximate surface area is 161 Å². The number of carbonyl (C=O) groups is 2. The molecule has 2 aromatic rings. The number of nitrogens with zero attached hydrogens (tertiary/aromatic N) is 2. The molecule has 1 saturated heterocycles. The van der Waals surface area contributed by atoms with Crippen LogP contribution in [0.25, 0.3) is 0 Å². The van der Waals surface area contributed by atoms with E-state index in [1.165, 1.54) is 6.42 Å². The predicted molar refractivity (Wildman–Crippen MR) is 108 cm³/mol. The summed E-state index contributed by atoms with van der Waals surface area (Å²) >= 11 is 0. The highest BCUT2D eigenvalue weighted by atomic mass is 16.2. The highest BCUT2D eigenvalue weighted by molar-refractivity contribution is 6.04. The largest absolute Gasteiger partial charge is 0.339 e. The fourth-order valence-corrected chi connectivity index (χ4v) is 3.43. The van der Waals surface area contributed by atoms with Crippen LogP contribution in [0.3, 0.4) is 0 Å². The van der Waals surface area contributed by atoms with E-state index in [4.69, 9.17) is 0 Å². The lowest BCUT2D eigenvalue weighted by Gasteiger charge is -2.27. The topological polar surface area (TPSA) is 52.7 Å². The summed E-state index contributed by atoms with van der Waals surface area (Å²) in [5.41, 5.74) is 2.32. The lowest BCUT2D eigenvalue weighted by Crippen LogP contribution is -2.36. The molecule has 2 aromatic carbocycles. The SMILES string of the molecule is CN(CC(=O)Nc1ccccc1C(=O)N1CCCCC1)Cc1ccccc1. The van der Waals surface area contributed by atoms with Crippen molar-refractivity contribution in [1.82, 2.24) is 9.80 Å². The fourth-order valence-electron chi connectivity index (χ4n) is 3.43. The van der Waals surface area contributed by atoms with Crippen LogP contribution in [-0.2, 0) is 11.3 Å². The molecular formula is C22H27N3O2. The van der Waals surface area contributed by atoms with E-state index >= 15 is 0 Å². The number of para-hydroxylation sites is 1. The van der Waals surface area contributed by atoms with Gasteiger partial charge in [-0.25, -0.2) is 0 Å². The summed E-state index contributed by atoms with van der Waals surface area (Å²) in [6.45, 7) is 2.55. The number of benzene rings is 2. The van der Waals surface area contributed by atoms with Crippen LogP contribution < -0.4 is 5.32 Å². The van der Waals surface area contributed by atoms with Crippen molar-refractivity contribution in [1.29, 1.82) is 0 Å². The summed E-state index contributed by atoms with van der Waals surface area (Å²) < 4.78 is 0. The van der Waals surface area contributed by atoms with Crippen molar-refractivity contribution >= 4 is 17.5 Å². The number of nitrogens with one attached hydrogen (secondary N) is 1. The molecule has 0 saturated carbocycles. The molecule has 0 aromatic heterocycles. The Morgan fingerprint density at radius 3 is 2.37 bits per heavy atom. The molecule has 0 aliphatic carbocycles. The molecule has 5 nitrogen and oxygen atoms in total. The van der Waals surface area contributed by atoms with Gasteiger partial charge in [0.25, 0.3) is 5.91 Å². The van der Waals surface area contributed by atoms with Crippen LogP contribution in [-0.4, -0.2) is 48.3 Å². The van der Waals surface area contributed by atoms with Crippen LogP contribution in [0.5, 0.6) is 0 Å². The van der Waals surface area contributed by atoms with Gasteiger partial charge in [-0.05, 0) is 44.0 Å². The zero-order valence-corrected chi connectivity index (χ0v) is 15.9. The van der Waals surface area contributed by atoms with Crippen LogP contribution >= 0.6 is 0 Å². The summed E-state index contributed by atoms with van der Waals surface area (Å²) in [5, 5.41) is 2.92. The molecule has 3 rings (SSSR count). The first-order chi connectivity index (χ1) is 13.1. The first-order valence-electron chi connectivity index (χ1n) is 9.54. The molecule has 2 amide bonds. The Morgan fingerprint density at radius 1 is 0.963 bits per heavy atom. The van der Waals surface area contributed by atoms with Crippen LogP contribution in [0.1, 0.15) is 35.2 Å². The Kier molecular flexibility index (Phi) is 6.60. The maximum absolute atomic E-state index is 12.8. The third-order valence-corrected chi connectivity index (χ3v) is 4.78. The first kappa shape index (κ1) is 19.1. The van der Waals surface area contributed by atoms with E-state index in [0.29, 0.717) is 17.8 Å². The minimum absolute atomic E-state index is 0.00300. The van der Waals surface area contributed by atoms with Crippen LogP contribution in [0.15, 0.2) is 54.6 Å². The van der Waals surface area contributed by atoms with Crippen molar-refractivity contribution in [2.75, 3.05) is 32.0 Å². The second-order valence-electron chi connectivity index (χ2n) is 7.10. The summed E-state index contributed by atoms with van der Waals surface area (Å²) in [6, 6.07) is 17.3. The maximum Gasteiger partial charge on any atom is 0.255 e. The highest BCUT2D eigenvalue weighted by Gasteiger charge is 2.21. The molecule has 1 heterocycles. The number of likely N-dealkylation sites (tertiary alicyclic amines) is 1. The minimum atomic E-state index is -0.118. The molecule has 1 aliphatic rings. The second kappa shape index (κ2) is 9.33. The van der Waals surface area contributed by atoms with Gasteiger partial charge in [0, 0.05) is 19.6 Å². The van der Waals surface area contributed by atoms with Gasteiger partial charge in [0.2, 0.25) is 5.91 Å². The van der Waals surface area contributed by atoms with E-state index in [-0.39, 0.29) is 18.4 Å². The molecule has 142 valence electrons. The van der Waals surface area contributed by atoms with Crippen LogP contribution in [0.2, 0.25) is 0 Å². The van der Waals surface area contributed by atoms with Crippen molar-refractivity contribution in [3.8, 4) is 0 Å². The number of carbonyl (C=O) groups excluding carboxylic acids is 2. The van der Waals surface area contributed by atoms with Crippen molar-refractivity contribution < 1.29 is 9.59 Å². The molecule has 27 heavy (non-hydrogen) atoms. The number of likely N-dealkylation sites (N-methyl/N-ethyl adjacent to an activating group) is 1. The lowest BCUT2D eigenvalue weighted by molar-refractivity contribution is -0.117. The van der Waals surface area contributed by atoms with Gasteiger partial charge in [0.1, 0.15) is 0 Å². The summed E-state index contributed by atoms with van der Waals surface area (Å²) in [6.07, 6.45) is 3.27. The van der Waals surface area contributed by atoms with Gasteiger partial charge in [-0.1, -0.05) is 42.5 Å². The standard InChI is InChI=1S/C22H27N3O2/c1-24(16-18-10-4-2-5-11-18)17-21(26)23-20-13-7-6-12-19(20)22(27)25-14-8-3-9-15-25/h2,4-7,10-13H,3,8-9,14-17H2,1H3,(H,23,26). The molecular weight excluding hydrogens is 338 g/mol. The van der Waals surface area contributed by atoms with E-state index in [0.717, 1.165) is 31.5 Å². The van der Waals surface area contributed by atoms with E-state index in [1.54, 1.807) is 12.1 Å². The smallest absolute Gasteiger partial charge is 0.255 e. The van der Waals surface area contributed by atoms with E-state index in [2.05, 4.69) is 5.32 Å². The molecule has 0 spiro atoms. The number of piperidine rings is 1. The molecule has 5 heteroatoms. The molecule has 0 radical (unpaired) electrons. The highest BCUT2D eigenvalue weighted by Crippen LogP contribution is 2.20. The zero-order chi connectivity index (χ0) is 19.1. The van der Waals surface area contributed by atoms with E-state index in [1.807, 2.05) is 59.3 Å². The molecule has 1 N–H and O–H groups in total. The summed E-state index contributed by atoms with van der Waals surface area (Å²) in [4.78, 5) is 29.2. The third-order valence-electron chi connectivity index (χ3n) is 4.78. The zero-order valence-electron chi connectivity index (χ0n) is 15.9. The number of amides is 2. The second-order valence-corrected chi connectivity index (χ2v) is 7.10. The number of anilines is 1. The molecule has 0 atom stereocenters. The van der Waals surface area contributed by atoms with Gasteiger partial charge in [0.05, 0.1) is 17.8 Å². The first-order valence-corrected chi connectivity index (χ1v) is 9.54. The fraction of sp³-hybridized carbons (Fsp3) is 0.364. The number of rotatable bonds is 6. The Morgan fingerprint density at radius 2 is 1.63 bits per heavy atom.